The van der Waals surface area contributed by atoms with Gasteiger partial charge in [0.15, 0.2) is 0 Å². The number of rotatable bonds is 6. The maximum absolute atomic E-state index is 13.1. The molecule has 3 rings (SSSR count). The van der Waals surface area contributed by atoms with E-state index in [0.29, 0.717) is 11.4 Å². The number of carbonyl (C=O) groups is 3. The minimum Gasteiger partial charge on any atom is -0.369 e. The van der Waals surface area contributed by atoms with Crippen LogP contribution in [-0.2, 0) is 27.1 Å². The van der Waals surface area contributed by atoms with Gasteiger partial charge in [-0.2, -0.15) is 13.2 Å². The predicted molar refractivity (Wildman–Crippen MR) is 101 cm³/mol. The first-order valence-electron chi connectivity index (χ1n) is 9.10. The number of halogens is 3. The van der Waals surface area contributed by atoms with Crippen molar-refractivity contribution in [3.8, 4) is 0 Å². The first kappa shape index (κ1) is 21.3. The van der Waals surface area contributed by atoms with Crippen molar-refractivity contribution in [1.82, 2.24) is 10.3 Å². The Labute approximate surface area is 169 Å². The molecule has 1 atom stereocenters. The van der Waals surface area contributed by atoms with Gasteiger partial charge in [-0.05, 0) is 30.7 Å². The number of benzene rings is 1. The van der Waals surface area contributed by atoms with Gasteiger partial charge in [-0.15, -0.1) is 0 Å². The van der Waals surface area contributed by atoms with Crippen LogP contribution < -0.4 is 16.4 Å². The van der Waals surface area contributed by atoms with Gasteiger partial charge in [0.25, 0.3) is 0 Å². The number of nitrogens with one attached hydrogen (secondary N) is 2. The Morgan fingerprint density at radius 2 is 1.90 bits per heavy atom. The topological polar surface area (TPSA) is 114 Å². The molecule has 1 aromatic carbocycles. The Kier molecular flexibility index (Phi) is 5.77. The second-order valence-corrected chi connectivity index (χ2v) is 7.05. The zero-order chi connectivity index (χ0) is 21.9. The molecule has 0 aliphatic heterocycles. The summed E-state index contributed by atoms with van der Waals surface area (Å²) in [4.78, 5) is 39.8. The highest BCUT2D eigenvalue weighted by Gasteiger charge is 2.49. The highest BCUT2D eigenvalue weighted by atomic mass is 19.4. The summed E-state index contributed by atoms with van der Waals surface area (Å²) in [6.07, 6.45) is -3.20. The Balaban J connectivity index is 1.65. The van der Waals surface area contributed by atoms with Gasteiger partial charge in [-0.3, -0.25) is 19.4 Å². The van der Waals surface area contributed by atoms with Crippen molar-refractivity contribution >= 4 is 29.0 Å². The molecule has 1 unspecified atom stereocenters. The van der Waals surface area contributed by atoms with Crippen molar-refractivity contribution in [2.24, 2.45) is 11.1 Å². The number of alkyl halides is 3. The highest BCUT2D eigenvalue weighted by Crippen LogP contribution is 2.37. The zero-order valence-electron chi connectivity index (χ0n) is 15.8. The van der Waals surface area contributed by atoms with Crippen LogP contribution in [0.2, 0.25) is 0 Å². The van der Waals surface area contributed by atoms with Crippen LogP contribution in [0.4, 0.5) is 24.5 Å². The Morgan fingerprint density at radius 1 is 1.17 bits per heavy atom. The zero-order valence-corrected chi connectivity index (χ0v) is 15.8. The summed E-state index contributed by atoms with van der Waals surface area (Å²) in [5.74, 6) is -1.68. The van der Waals surface area contributed by atoms with E-state index in [-0.39, 0.29) is 37.3 Å². The van der Waals surface area contributed by atoms with Gasteiger partial charge < -0.3 is 16.4 Å². The van der Waals surface area contributed by atoms with Gasteiger partial charge in [0.2, 0.25) is 11.8 Å². The van der Waals surface area contributed by atoms with E-state index < -0.39 is 29.0 Å². The van der Waals surface area contributed by atoms with E-state index in [1.54, 1.807) is 0 Å². The number of aromatic nitrogens is 1. The molecule has 1 saturated carbocycles. The van der Waals surface area contributed by atoms with Crippen molar-refractivity contribution in [3.63, 3.8) is 0 Å². The van der Waals surface area contributed by atoms with Crippen LogP contribution in [0, 0.1) is 5.41 Å². The second kappa shape index (κ2) is 8.13. The quantitative estimate of drug-likeness (QED) is 0.622. The highest BCUT2D eigenvalue weighted by molar-refractivity contribution is 6.09. The number of primary amides is 1. The summed E-state index contributed by atoms with van der Waals surface area (Å²) < 4.78 is 39.2. The number of ketones is 1. The summed E-state index contributed by atoms with van der Waals surface area (Å²) >= 11 is 0. The minimum absolute atomic E-state index is 0.0263. The van der Waals surface area contributed by atoms with Crippen molar-refractivity contribution in [1.29, 1.82) is 0 Å². The normalized spacial score (nSPS) is 18.8. The summed E-state index contributed by atoms with van der Waals surface area (Å²) in [7, 11) is 0. The molecule has 1 aliphatic rings. The number of nitrogens with zero attached hydrogens (tertiary/aromatic N) is 1. The fourth-order valence-electron chi connectivity index (χ4n) is 3.32. The molecule has 158 valence electrons. The van der Waals surface area contributed by atoms with Gasteiger partial charge in [-0.1, -0.05) is 12.1 Å². The molecule has 0 bridgehead atoms. The van der Waals surface area contributed by atoms with Gasteiger partial charge in [-0.25, -0.2) is 0 Å². The van der Waals surface area contributed by atoms with E-state index >= 15 is 0 Å². The van der Waals surface area contributed by atoms with Crippen LogP contribution in [-0.4, -0.2) is 22.6 Å². The standard InChI is InChI=1S/C20H19F3N4O3/c21-20(22,23)15-3-1-2-4-16(15)27-13-6-5-12(25-11-13)10-26-18(30)19(17(24)29)8-7-14(28)9-19/h1-6,11,27H,7-10H2,(H2,24,29)(H,26,30). The Hall–Kier alpha value is -3.43. The Bertz CT molecular complexity index is 976. The lowest BCUT2D eigenvalue weighted by molar-refractivity contribution is -0.142. The smallest absolute Gasteiger partial charge is 0.369 e. The third kappa shape index (κ3) is 4.42. The van der Waals surface area contributed by atoms with Crippen LogP contribution >= 0.6 is 0 Å². The number of nitrogens with two attached hydrogens (primary N) is 1. The summed E-state index contributed by atoms with van der Waals surface area (Å²) in [6.45, 7) is -0.0263. The van der Waals surface area contributed by atoms with Crippen LogP contribution in [0.3, 0.4) is 0 Å². The summed E-state index contributed by atoms with van der Waals surface area (Å²) in [5.41, 5.74) is 3.64. The predicted octanol–water partition coefficient (Wildman–Crippen LogP) is 2.68. The maximum Gasteiger partial charge on any atom is 0.418 e. The third-order valence-electron chi connectivity index (χ3n) is 5.00. The summed E-state index contributed by atoms with van der Waals surface area (Å²) in [5, 5.41) is 5.23. The number of hydrogen-bond acceptors (Lipinski definition) is 5. The van der Waals surface area contributed by atoms with Crippen molar-refractivity contribution in [3.05, 3.63) is 53.9 Å². The summed E-state index contributed by atoms with van der Waals surface area (Å²) in [6, 6.07) is 8.11. The molecule has 1 fully saturated rings. The molecule has 2 aromatic rings. The van der Waals surface area contributed by atoms with E-state index in [9.17, 15) is 27.6 Å². The molecule has 1 heterocycles. The van der Waals surface area contributed by atoms with Gasteiger partial charge >= 0.3 is 6.18 Å². The number of para-hydroxylation sites is 1. The number of pyridine rings is 1. The third-order valence-corrected chi connectivity index (χ3v) is 5.00. The van der Waals surface area contributed by atoms with E-state index in [2.05, 4.69) is 15.6 Å². The molecule has 30 heavy (non-hydrogen) atoms. The van der Waals surface area contributed by atoms with E-state index in [1.807, 2.05) is 0 Å². The molecule has 2 amide bonds. The van der Waals surface area contributed by atoms with Crippen LogP contribution in [0.5, 0.6) is 0 Å². The second-order valence-electron chi connectivity index (χ2n) is 7.05. The fourth-order valence-corrected chi connectivity index (χ4v) is 3.32. The average Bonchev–Trinajstić information content (AvgIpc) is 3.10. The first-order valence-corrected chi connectivity index (χ1v) is 9.10. The lowest BCUT2D eigenvalue weighted by Gasteiger charge is -2.22. The van der Waals surface area contributed by atoms with Crippen molar-refractivity contribution in [2.75, 3.05) is 5.32 Å². The Morgan fingerprint density at radius 3 is 2.47 bits per heavy atom. The van der Waals surface area contributed by atoms with E-state index in [4.69, 9.17) is 5.73 Å². The molecular formula is C20H19F3N4O3. The number of hydrogen-bond donors (Lipinski definition) is 3. The van der Waals surface area contributed by atoms with Gasteiger partial charge in [0, 0.05) is 12.8 Å². The molecule has 7 nitrogen and oxygen atoms in total. The van der Waals surface area contributed by atoms with Gasteiger partial charge in [0.05, 0.1) is 35.4 Å². The van der Waals surface area contributed by atoms with Crippen molar-refractivity contribution in [2.45, 2.75) is 32.0 Å². The maximum atomic E-state index is 13.1. The number of carbonyl (C=O) groups excluding carboxylic acids is 3. The van der Waals surface area contributed by atoms with Crippen LogP contribution in [0.25, 0.3) is 0 Å². The lowest BCUT2D eigenvalue weighted by atomic mass is 9.84. The molecule has 0 saturated heterocycles. The number of anilines is 2. The van der Waals surface area contributed by atoms with E-state index in [1.165, 1.54) is 36.5 Å². The lowest BCUT2D eigenvalue weighted by Crippen LogP contribution is -2.48. The molecule has 0 spiro atoms. The number of amides is 2. The van der Waals surface area contributed by atoms with Crippen molar-refractivity contribution < 1.29 is 27.6 Å². The SMILES string of the molecule is NC(=O)C1(C(=O)NCc2ccc(Nc3ccccc3C(F)(F)F)cn2)CCC(=O)C1. The monoisotopic (exact) mass is 420 g/mol. The van der Waals surface area contributed by atoms with Crippen LogP contribution in [0.1, 0.15) is 30.5 Å². The number of Topliss-reactive ketones (excluding diaryl/α,β-unsaturated/α-hetero) is 1. The molecule has 1 aliphatic carbocycles. The molecule has 4 N–H and O–H groups in total. The largest absolute Gasteiger partial charge is 0.418 e. The van der Waals surface area contributed by atoms with E-state index in [0.717, 1.165) is 6.07 Å². The fraction of sp³-hybridized carbons (Fsp3) is 0.300. The molecule has 10 heteroatoms. The average molecular weight is 420 g/mol. The molecular weight excluding hydrogens is 401 g/mol. The van der Waals surface area contributed by atoms with Crippen LogP contribution in [0.15, 0.2) is 42.6 Å². The van der Waals surface area contributed by atoms with Gasteiger partial charge in [0.1, 0.15) is 11.2 Å². The molecule has 0 radical (unpaired) electrons. The first-order chi connectivity index (χ1) is 14.1. The molecule has 1 aromatic heterocycles. The minimum atomic E-state index is -4.50.